The average Bonchev–Trinajstić information content (AvgIpc) is 2.68. The van der Waals surface area contributed by atoms with Gasteiger partial charge in [-0.25, -0.2) is 0 Å². The summed E-state index contributed by atoms with van der Waals surface area (Å²) in [5.41, 5.74) is 3.84. The minimum atomic E-state index is -0.453. The number of β-amino-alcohol motifs (C(OH)–C–C–N with tert-alkyl or cyclic N) is 1. The molecule has 3 rings (SSSR count). The van der Waals surface area contributed by atoms with Crippen LogP contribution in [0.2, 0.25) is 0 Å². The summed E-state index contributed by atoms with van der Waals surface area (Å²) >= 11 is 0. The fourth-order valence-electron chi connectivity index (χ4n) is 4.10. The third kappa shape index (κ3) is 6.08. The van der Waals surface area contributed by atoms with E-state index in [0.717, 1.165) is 24.8 Å². The maximum Gasteiger partial charge on any atom is 0.123 e. The number of piperidine rings is 1. The molecule has 1 aliphatic rings. The first-order valence-electron chi connectivity index (χ1n) is 10.7. The number of aryl methyl sites for hydroxylation is 1. The molecule has 152 valence electrons. The lowest BCUT2D eigenvalue weighted by Crippen LogP contribution is -2.41. The van der Waals surface area contributed by atoms with Crippen LogP contribution in [-0.4, -0.2) is 42.4 Å². The highest BCUT2D eigenvalue weighted by Crippen LogP contribution is 2.28. The predicted octanol–water partition coefficient (Wildman–Crippen LogP) is 4.81. The van der Waals surface area contributed by atoms with Gasteiger partial charge in [0.25, 0.3) is 0 Å². The van der Waals surface area contributed by atoms with Gasteiger partial charge >= 0.3 is 0 Å². The Balaban J connectivity index is 1.43. The van der Waals surface area contributed by atoms with Crippen LogP contribution in [0.1, 0.15) is 49.3 Å². The Morgan fingerprint density at radius 1 is 1.07 bits per heavy atom. The van der Waals surface area contributed by atoms with Crippen molar-refractivity contribution in [1.29, 1.82) is 0 Å². The van der Waals surface area contributed by atoms with Gasteiger partial charge in [0.05, 0.1) is 0 Å². The molecule has 1 heterocycles. The standard InChI is InChI=1S/C25H35NO2/c1-19(2)24-10-9-20(3)15-25(24)28-18-23(27)17-26-13-11-22(12-14-26)16-21-7-5-4-6-8-21/h4-10,15,19,22-23,27H,11-14,16-18H2,1-3H3/t23-/m1/s1. The lowest BCUT2D eigenvalue weighted by molar-refractivity contribution is 0.0547. The number of hydrogen-bond donors (Lipinski definition) is 1. The molecule has 28 heavy (non-hydrogen) atoms. The molecule has 2 aromatic carbocycles. The van der Waals surface area contributed by atoms with Crippen LogP contribution < -0.4 is 4.74 Å². The van der Waals surface area contributed by atoms with Crippen LogP contribution in [-0.2, 0) is 6.42 Å². The van der Waals surface area contributed by atoms with Crippen molar-refractivity contribution in [1.82, 2.24) is 4.90 Å². The van der Waals surface area contributed by atoms with Crippen molar-refractivity contribution in [2.45, 2.75) is 52.1 Å². The van der Waals surface area contributed by atoms with Crippen molar-refractivity contribution in [3.63, 3.8) is 0 Å². The van der Waals surface area contributed by atoms with E-state index in [1.807, 2.05) is 0 Å². The summed E-state index contributed by atoms with van der Waals surface area (Å²) in [6.07, 6.45) is 3.13. The molecule has 3 nitrogen and oxygen atoms in total. The molecular formula is C25H35NO2. The monoisotopic (exact) mass is 381 g/mol. The van der Waals surface area contributed by atoms with Crippen LogP contribution >= 0.6 is 0 Å². The van der Waals surface area contributed by atoms with Crippen molar-refractivity contribution in [2.24, 2.45) is 5.92 Å². The predicted molar refractivity (Wildman–Crippen MR) is 116 cm³/mol. The number of hydrogen-bond acceptors (Lipinski definition) is 3. The van der Waals surface area contributed by atoms with Gasteiger partial charge in [0.1, 0.15) is 18.5 Å². The van der Waals surface area contributed by atoms with Crippen molar-refractivity contribution in [3.8, 4) is 5.75 Å². The smallest absolute Gasteiger partial charge is 0.123 e. The van der Waals surface area contributed by atoms with Crippen LogP contribution in [0.5, 0.6) is 5.75 Å². The van der Waals surface area contributed by atoms with E-state index in [4.69, 9.17) is 4.74 Å². The zero-order valence-electron chi connectivity index (χ0n) is 17.6. The van der Waals surface area contributed by atoms with Crippen LogP contribution in [0, 0.1) is 12.8 Å². The Hall–Kier alpha value is -1.84. The molecule has 0 saturated carbocycles. The maximum absolute atomic E-state index is 10.5. The van der Waals surface area contributed by atoms with E-state index in [0.29, 0.717) is 19.1 Å². The number of nitrogens with zero attached hydrogens (tertiary/aromatic N) is 1. The molecule has 1 fully saturated rings. The van der Waals surface area contributed by atoms with Crippen molar-refractivity contribution in [3.05, 3.63) is 65.2 Å². The van der Waals surface area contributed by atoms with Gasteiger partial charge in [0.15, 0.2) is 0 Å². The molecule has 0 amide bonds. The summed E-state index contributed by atoms with van der Waals surface area (Å²) in [5.74, 6) is 2.08. The third-order valence-corrected chi connectivity index (χ3v) is 5.77. The molecule has 1 N–H and O–H groups in total. The van der Waals surface area contributed by atoms with Gasteiger partial charge in [0.2, 0.25) is 0 Å². The molecule has 0 unspecified atom stereocenters. The summed E-state index contributed by atoms with van der Waals surface area (Å²) in [6.45, 7) is 9.61. The van der Waals surface area contributed by atoms with Gasteiger partial charge < -0.3 is 14.7 Å². The largest absolute Gasteiger partial charge is 0.491 e. The first-order chi connectivity index (χ1) is 13.5. The zero-order valence-corrected chi connectivity index (χ0v) is 17.6. The van der Waals surface area contributed by atoms with Gasteiger partial charge in [-0.3, -0.25) is 0 Å². The van der Waals surface area contributed by atoms with Gasteiger partial charge in [-0.2, -0.15) is 0 Å². The topological polar surface area (TPSA) is 32.7 Å². The second-order valence-corrected chi connectivity index (χ2v) is 8.59. The molecule has 3 heteroatoms. The van der Waals surface area contributed by atoms with E-state index < -0.39 is 6.10 Å². The normalized spacial score (nSPS) is 17.0. The molecular weight excluding hydrogens is 346 g/mol. The second kappa shape index (κ2) is 10.1. The van der Waals surface area contributed by atoms with E-state index in [1.165, 1.54) is 36.0 Å². The average molecular weight is 382 g/mol. The highest BCUT2D eigenvalue weighted by Gasteiger charge is 2.21. The Morgan fingerprint density at radius 3 is 2.46 bits per heavy atom. The summed E-state index contributed by atoms with van der Waals surface area (Å²) < 4.78 is 6.01. The fourth-order valence-corrected chi connectivity index (χ4v) is 4.10. The highest BCUT2D eigenvalue weighted by atomic mass is 16.5. The van der Waals surface area contributed by atoms with Gasteiger partial charge in [-0.05, 0) is 73.9 Å². The van der Waals surface area contributed by atoms with E-state index in [2.05, 4.69) is 74.2 Å². The maximum atomic E-state index is 10.5. The van der Waals surface area contributed by atoms with Crippen LogP contribution in [0.4, 0.5) is 0 Å². The number of benzene rings is 2. The summed E-state index contributed by atoms with van der Waals surface area (Å²) in [7, 11) is 0. The minimum Gasteiger partial charge on any atom is -0.491 e. The van der Waals surface area contributed by atoms with Gasteiger partial charge in [0, 0.05) is 6.54 Å². The Kier molecular flexibility index (Phi) is 7.52. The molecule has 1 atom stereocenters. The second-order valence-electron chi connectivity index (χ2n) is 8.59. The molecule has 1 aliphatic heterocycles. The van der Waals surface area contributed by atoms with E-state index >= 15 is 0 Å². The van der Waals surface area contributed by atoms with E-state index in [1.54, 1.807) is 0 Å². The molecule has 0 aliphatic carbocycles. The van der Waals surface area contributed by atoms with Crippen LogP contribution in [0.25, 0.3) is 0 Å². The first-order valence-corrected chi connectivity index (χ1v) is 10.7. The Labute approximate surface area is 170 Å². The van der Waals surface area contributed by atoms with Crippen molar-refractivity contribution < 1.29 is 9.84 Å². The number of rotatable bonds is 8. The SMILES string of the molecule is Cc1ccc(C(C)C)c(OC[C@H](O)CN2CCC(Cc3ccccc3)CC2)c1. The highest BCUT2D eigenvalue weighted by molar-refractivity contribution is 5.39. The molecule has 1 saturated heterocycles. The number of likely N-dealkylation sites (tertiary alicyclic amines) is 1. The number of aliphatic hydroxyl groups is 1. The lowest BCUT2D eigenvalue weighted by Gasteiger charge is -2.33. The van der Waals surface area contributed by atoms with E-state index in [-0.39, 0.29) is 0 Å². The van der Waals surface area contributed by atoms with E-state index in [9.17, 15) is 5.11 Å². The third-order valence-electron chi connectivity index (χ3n) is 5.77. The summed E-state index contributed by atoms with van der Waals surface area (Å²) in [6, 6.07) is 17.1. The molecule has 0 radical (unpaired) electrons. The summed E-state index contributed by atoms with van der Waals surface area (Å²) in [5, 5.41) is 10.5. The van der Waals surface area contributed by atoms with Crippen molar-refractivity contribution in [2.75, 3.05) is 26.2 Å². The van der Waals surface area contributed by atoms with Crippen LogP contribution in [0.3, 0.4) is 0 Å². The lowest BCUT2D eigenvalue weighted by atomic mass is 9.90. The Morgan fingerprint density at radius 2 is 1.79 bits per heavy atom. The quantitative estimate of drug-likeness (QED) is 0.712. The summed E-state index contributed by atoms with van der Waals surface area (Å²) in [4.78, 5) is 2.38. The number of ether oxygens (including phenoxy) is 1. The fraction of sp³-hybridized carbons (Fsp3) is 0.520. The molecule has 2 aromatic rings. The van der Waals surface area contributed by atoms with Gasteiger partial charge in [-0.1, -0.05) is 56.3 Å². The first kappa shape index (κ1) is 20.9. The minimum absolute atomic E-state index is 0.354. The molecule has 0 aromatic heterocycles. The van der Waals surface area contributed by atoms with Gasteiger partial charge in [-0.15, -0.1) is 0 Å². The number of aliphatic hydroxyl groups excluding tert-OH is 1. The Bertz CT molecular complexity index is 721. The van der Waals surface area contributed by atoms with Crippen molar-refractivity contribution >= 4 is 0 Å². The van der Waals surface area contributed by atoms with Crippen LogP contribution in [0.15, 0.2) is 48.5 Å². The zero-order chi connectivity index (χ0) is 19.9. The molecule has 0 spiro atoms. The molecule has 0 bridgehead atoms.